The van der Waals surface area contributed by atoms with Crippen LogP contribution in [-0.4, -0.2) is 78.7 Å². The quantitative estimate of drug-likeness (QED) is 0.0840. The third-order valence-corrected chi connectivity index (χ3v) is 8.08. The summed E-state index contributed by atoms with van der Waals surface area (Å²) in [6, 6.07) is 28.8. The number of ketones is 1. The van der Waals surface area contributed by atoms with Gasteiger partial charge in [0.25, 0.3) is 0 Å². The molecule has 0 radical (unpaired) electrons. The van der Waals surface area contributed by atoms with Crippen LogP contribution in [-0.2, 0) is 9.59 Å². The SMILES string of the molecule is CC(=O)C[C@@H](O)CNCCOc1ccc(-c2cccc(-c3cccc(-c4ccc(OCCNC[C@H](O)CC(=O)O)cc4)c3C)c2C)cc1. The van der Waals surface area contributed by atoms with Crippen molar-refractivity contribution in [3.8, 4) is 44.9 Å². The van der Waals surface area contributed by atoms with Gasteiger partial charge in [0.05, 0.1) is 18.6 Å². The van der Waals surface area contributed by atoms with E-state index in [1.54, 1.807) is 0 Å². The van der Waals surface area contributed by atoms with E-state index in [4.69, 9.17) is 14.6 Å². The number of benzene rings is 4. The van der Waals surface area contributed by atoms with Crippen molar-refractivity contribution in [2.24, 2.45) is 0 Å². The van der Waals surface area contributed by atoms with Crippen molar-refractivity contribution in [2.45, 2.75) is 45.8 Å². The number of aliphatic hydroxyl groups is 2. The van der Waals surface area contributed by atoms with Gasteiger partial charge in [-0.05, 0) is 89.5 Å². The summed E-state index contributed by atoms with van der Waals surface area (Å²) in [7, 11) is 0. The molecule has 0 aliphatic heterocycles. The number of hydrogen-bond donors (Lipinski definition) is 5. The number of carboxylic acid groups (broad SMARTS) is 1. The zero-order valence-corrected chi connectivity index (χ0v) is 27.9. The molecule has 254 valence electrons. The fourth-order valence-electron chi connectivity index (χ4n) is 5.64. The highest BCUT2D eigenvalue weighted by Crippen LogP contribution is 2.37. The molecule has 9 nitrogen and oxygen atoms in total. The summed E-state index contributed by atoms with van der Waals surface area (Å²) in [6.45, 7) is 8.23. The molecule has 0 unspecified atom stereocenters. The number of hydrogen-bond acceptors (Lipinski definition) is 8. The molecule has 0 saturated heterocycles. The number of aliphatic hydroxyl groups excluding tert-OH is 2. The molecule has 4 aromatic rings. The third-order valence-electron chi connectivity index (χ3n) is 8.08. The van der Waals surface area contributed by atoms with Gasteiger partial charge < -0.3 is 35.4 Å². The second kappa shape index (κ2) is 18.1. The summed E-state index contributed by atoms with van der Waals surface area (Å²) in [6.07, 6.45) is -1.74. The fourth-order valence-corrected chi connectivity index (χ4v) is 5.64. The molecule has 0 fully saturated rings. The molecule has 0 bridgehead atoms. The molecule has 48 heavy (non-hydrogen) atoms. The van der Waals surface area contributed by atoms with Crippen LogP contribution in [0.4, 0.5) is 0 Å². The molecule has 9 heteroatoms. The third kappa shape index (κ3) is 10.7. The summed E-state index contributed by atoms with van der Waals surface area (Å²) < 4.78 is 11.7. The lowest BCUT2D eigenvalue weighted by Crippen LogP contribution is -2.31. The molecule has 2 atom stereocenters. The minimum atomic E-state index is -1.03. The predicted molar refractivity (Wildman–Crippen MR) is 189 cm³/mol. The van der Waals surface area contributed by atoms with Crippen LogP contribution in [0.1, 0.15) is 30.9 Å². The zero-order chi connectivity index (χ0) is 34.5. The van der Waals surface area contributed by atoms with Crippen molar-refractivity contribution in [3.63, 3.8) is 0 Å². The van der Waals surface area contributed by atoms with Crippen molar-refractivity contribution in [3.05, 3.63) is 96.1 Å². The topological polar surface area (TPSA) is 137 Å². The lowest BCUT2D eigenvalue weighted by molar-refractivity contribution is -0.139. The maximum Gasteiger partial charge on any atom is 0.306 e. The van der Waals surface area contributed by atoms with Gasteiger partial charge in [-0.15, -0.1) is 0 Å². The highest BCUT2D eigenvalue weighted by Gasteiger charge is 2.14. The van der Waals surface area contributed by atoms with Gasteiger partial charge in [-0.1, -0.05) is 60.7 Å². The second-order valence-corrected chi connectivity index (χ2v) is 11.9. The minimum absolute atomic E-state index is 0.0296. The molecule has 0 aliphatic rings. The van der Waals surface area contributed by atoms with Crippen molar-refractivity contribution >= 4 is 11.8 Å². The Morgan fingerprint density at radius 1 is 0.625 bits per heavy atom. The van der Waals surface area contributed by atoms with Gasteiger partial charge >= 0.3 is 5.97 Å². The monoisotopic (exact) mass is 654 g/mol. The highest BCUT2D eigenvalue weighted by atomic mass is 16.5. The smallest absolute Gasteiger partial charge is 0.306 e. The van der Waals surface area contributed by atoms with Gasteiger partial charge in [-0.2, -0.15) is 0 Å². The van der Waals surface area contributed by atoms with E-state index < -0.39 is 18.2 Å². The fraction of sp³-hybridized carbons (Fsp3) is 0.333. The van der Waals surface area contributed by atoms with E-state index in [2.05, 4.69) is 73.0 Å². The van der Waals surface area contributed by atoms with Crippen molar-refractivity contribution in [1.82, 2.24) is 10.6 Å². The first-order chi connectivity index (χ1) is 23.1. The molecule has 0 aliphatic carbocycles. The Bertz CT molecular complexity index is 1510. The van der Waals surface area contributed by atoms with Crippen molar-refractivity contribution in [2.75, 3.05) is 39.4 Å². The maximum absolute atomic E-state index is 11.1. The van der Waals surface area contributed by atoms with E-state index in [1.165, 1.54) is 29.2 Å². The molecule has 0 amide bonds. The Hall–Kier alpha value is -4.54. The summed E-state index contributed by atoms with van der Waals surface area (Å²) in [5.41, 5.74) is 9.19. The lowest BCUT2D eigenvalue weighted by atomic mass is 9.88. The summed E-state index contributed by atoms with van der Waals surface area (Å²) in [5.74, 6) is 0.446. The second-order valence-electron chi connectivity index (χ2n) is 11.9. The number of rotatable bonds is 19. The van der Waals surface area contributed by atoms with Gasteiger partial charge in [-0.25, -0.2) is 0 Å². The van der Waals surface area contributed by atoms with Gasteiger partial charge in [0.15, 0.2) is 0 Å². The number of ether oxygens (including phenoxy) is 2. The summed E-state index contributed by atoms with van der Waals surface area (Å²) >= 11 is 0. The van der Waals surface area contributed by atoms with Crippen LogP contribution in [0.15, 0.2) is 84.9 Å². The molecule has 4 aromatic carbocycles. The lowest BCUT2D eigenvalue weighted by Gasteiger charge is -2.17. The number of carboxylic acids is 1. The first-order valence-corrected chi connectivity index (χ1v) is 16.3. The van der Waals surface area contributed by atoms with Crippen LogP contribution in [0.5, 0.6) is 11.5 Å². The Morgan fingerprint density at radius 2 is 1.02 bits per heavy atom. The average molecular weight is 655 g/mol. The number of Topliss-reactive ketones (excluding diaryl/α,β-unsaturated/α-hetero) is 1. The number of nitrogens with one attached hydrogen (secondary N) is 2. The van der Waals surface area contributed by atoms with Crippen LogP contribution in [0, 0.1) is 13.8 Å². The molecule has 0 aromatic heterocycles. The Morgan fingerprint density at radius 3 is 1.42 bits per heavy atom. The molecule has 4 rings (SSSR count). The largest absolute Gasteiger partial charge is 0.492 e. The van der Waals surface area contributed by atoms with E-state index in [0.717, 1.165) is 33.8 Å². The first-order valence-electron chi connectivity index (χ1n) is 16.3. The number of aliphatic carboxylic acids is 1. The predicted octanol–water partition coefficient (Wildman–Crippen LogP) is 5.42. The molecule has 0 heterocycles. The van der Waals surface area contributed by atoms with Crippen LogP contribution >= 0.6 is 0 Å². The zero-order valence-electron chi connectivity index (χ0n) is 27.9. The van der Waals surface area contributed by atoms with Crippen molar-refractivity contribution < 1.29 is 34.4 Å². The first kappa shape index (κ1) is 36.3. The molecule has 5 N–H and O–H groups in total. The van der Waals surface area contributed by atoms with Crippen LogP contribution in [0.3, 0.4) is 0 Å². The molecule has 0 saturated carbocycles. The Balaban J connectivity index is 1.36. The normalized spacial score (nSPS) is 12.4. The van der Waals surface area contributed by atoms with Gasteiger partial charge in [0, 0.05) is 32.6 Å². The maximum atomic E-state index is 11.1. The standard InChI is InChI=1S/C39H46N2O7/c1-26(42)22-31(43)24-40-18-20-47-33-14-10-29(11-15-33)35-6-4-8-37(27(35)2)38-9-5-7-36(28(38)3)30-12-16-34(17-13-30)48-21-19-41-25-32(44)23-39(45)46/h4-17,31-32,40-41,43-44H,18-25H2,1-3H3,(H,45,46)/t31-,32-/m1/s1. The van der Waals surface area contributed by atoms with Crippen LogP contribution < -0.4 is 20.1 Å². The highest BCUT2D eigenvalue weighted by molar-refractivity contribution is 5.84. The van der Waals surface area contributed by atoms with Crippen molar-refractivity contribution in [1.29, 1.82) is 0 Å². The van der Waals surface area contributed by atoms with Crippen LogP contribution in [0.2, 0.25) is 0 Å². The van der Waals surface area contributed by atoms with Gasteiger partial charge in [0.1, 0.15) is 30.5 Å². The van der Waals surface area contributed by atoms with Crippen LogP contribution in [0.25, 0.3) is 33.4 Å². The summed E-state index contributed by atoms with van der Waals surface area (Å²) in [5, 5.41) is 34.3. The van der Waals surface area contributed by atoms with Gasteiger partial charge in [-0.3, -0.25) is 9.59 Å². The molecular weight excluding hydrogens is 608 g/mol. The van der Waals surface area contributed by atoms with E-state index in [9.17, 15) is 19.8 Å². The molecule has 0 spiro atoms. The average Bonchev–Trinajstić information content (AvgIpc) is 3.05. The molecular formula is C39H46N2O7. The number of carbonyl (C=O) groups is 2. The summed E-state index contributed by atoms with van der Waals surface area (Å²) in [4.78, 5) is 21.8. The van der Waals surface area contributed by atoms with Gasteiger partial charge in [0.2, 0.25) is 0 Å². The minimum Gasteiger partial charge on any atom is -0.492 e. The number of carbonyl (C=O) groups excluding carboxylic acids is 1. The van der Waals surface area contributed by atoms with E-state index in [0.29, 0.717) is 32.8 Å². The Kier molecular flexibility index (Phi) is 13.7. The van der Waals surface area contributed by atoms with E-state index >= 15 is 0 Å². The van der Waals surface area contributed by atoms with E-state index in [1.807, 2.05) is 36.4 Å². The van der Waals surface area contributed by atoms with E-state index in [-0.39, 0.29) is 25.2 Å². The Labute approximate surface area is 282 Å².